The highest BCUT2D eigenvalue weighted by Gasteiger charge is 2.23. The van der Waals surface area contributed by atoms with Crippen LogP contribution < -0.4 is 20.1 Å². The number of urea groups is 1. The lowest BCUT2D eigenvalue weighted by Gasteiger charge is -2.10. The minimum Gasteiger partial charge on any atom is -0.469 e. The van der Waals surface area contributed by atoms with Crippen LogP contribution in [0.2, 0.25) is 5.02 Å². The van der Waals surface area contributed by atoms with Crippen molar-refractivity contribution in [3.63, 3.8) is 0 Å². The fraction of sp³-hybridized carbons (Fsp3) is 0.300. The second-order valence-electron chi connectivity index (χ2n) is 6.73. The molecule has 0 radical (unpaired) electrons. The first-order chi connectivity index (χ1) is 16.4. The number of rotatable bonds is 10. The number of anilines is 1. The summed E-state index contributed by atoms with van der Waals surface area (Å²) >= 11 is 6.36. The van der Waals surface area contributed by atoms with Crippen molar-refractivity contribution in [2.24, 2.45) is 0 Å². The summed E-state index contributed by atoms with van der Waals surface area (Å²) in [6, 6.07) is 1.30. The molecular weight excluding hydrogens is 496 g/mol. The third-order valence-corrected chi connectivity index (χ3v) is 5.29. The van der Waals surface area contributed by atoms with Gasteiger partial charge in [0, 0.05) is 30.5 Å². The number of aromatic nitrogens is 3. The number of methoxy groups -OCH3 is 1. The third kappa shape index (κ3) is 7.02. The minimum absolute atomic E-state index is 0.0355. The monoisotopic (exact) mass is 515 g/mol. The number of carbonyl (C=O) groups is 2. The van der Waals surface area contributed by atoms with E-state index < -0.39 is 36.0 Å². The molecule has 3 aromatic rings. The summed E-state index contributed by atoms with van der Waals surface area (Å²) in [5, 5.41) is 5.10. The van der Waals surface area contributed by atoms with Gasteiger partial charge in [0.05, 0.1) is 19.0 Å². The molecule has 0 aliphatic rings. The van der Waals surface area contributed by atoms with Crippen molar-refractivity contribution in [3.05, 3.63) is 53.1 Å². The Morgan fingerprint density at radius 3 is 2.68 bits per heavy atom. The summed E-state index contributed by atoms with van der Waals surface area (Å²) in [6.45, 7) is 0.592. The van der Waals surface area contributed by atoms with Crippen LogP contribution in [0.15, 0.2) is 30.9 Å². The van der Waals surface area contributed by atoms with Crippen molar-refractivity contribution in [1.82, 2.24) is 19.2 Å². The van der Waals surface area contributed by atoms with Crippen LogP contribution >= 0.6 is 23.1 Å². The van der Waals surface area contributed by atoms with Crippen molar-refractivity contribution in [2.75, 3.05) is 19.0 Å². The van der Waals surface area contributed by atoms with Gasteiger partial charge >= 0.3 is 12.2 Å². The van der Waals surface area contributed by atoms with Crippen LogP contribution in [0.3, 0.4) is 0 Å². The van der Waals surface area contributed by atoms with Gasteiger partial charge in [-0.15, -0.1) is 4.37 Å². The van der Waals surface area contributed by atoms with Crippen LogP contribution in [0, 0.1) is 11.6 Å². The van der Waals surface area contributed by atoms with Crippen LogP contribution in [0.1, 0.15) is 18.4 Å². The number of amides is 2. The van der Waals surface area contributed by atoms with Gasteiger partial charge in [0.15, 0.2) is 5.00 Å². The Morgan fingerprint density at radius 1 is 1.24 bits per heavy atom. The van der Waals surface area contributed by atoms with E-state index in [1.807, 2.05) is 10.8 Å². The maximum absolute atomic E-state index is 14.0. The van der Waals surface area contributed by atoms with E-state index >= 15 is 0 Å². The normalized spacial score (nSPS) is 10.6. The summed E-state index contributed by atoms with van der Waals surface area (Å²) in [4.78, 5) is 27.8. The molecule has 182 valence electrons. The molecule has 1 aromatic carbocycles. The predicted octanol–water partition coefficient (Wildman–Crippen LogP) is 4.60. The number of nitrogens with zero attached hydrogens (tertiary/aromatic N) is 3. The number of benzene rings is 1. The summed E-state index contributed by atoms with van der Waals surface area (Å²) in [6.07, 6.45) is 5.69. The number of hydrogen-bond donors (Lipinski definition) is 2. The zero-order chi connectivity index (χ0) is 24.5. The van der Waals surface area contributed by atoms with Gasteiger partial charge in [0.1, 0.15) is 18.2 Å². The summed E-state index contributed by atoms with van der Waals surface area (Å²) in [5.41, 5.74) is -0.399. The van der Waals surface area contributed by atoms with Crippen LogP contribution in [0.25, 0.3) is 0 Å². The van der Waals surface area contributed by atoms with E-state index in [1.165, 1.54) is 0 Å². The highest BCUT2D eigenvalue weighted by molar-refractivity contribution is 7.11. The molecule has 0 spiro atoms. The molecule has 0 saturated carbocycles. The maximum Gasteiger partial charge on any atom is 0.513 e. The van der Waals surface area contributed by atoms with E-state index in [-0.39, 0.29) is 21.7 Å². The molecule has 0 unspecified atom stereocenters. The van der Waals surface area contributed by atoms with Crippen LogP contribution in [-0.4, -0.2) is 39.8 Å². The van der Waals surface area contributed by atoms with Gasteiger partial charge < -0.3 is 24.1 Å². The third-order valence-electron chi connectivity index (χ3n) is 4.35. The predicted molar refractivity (Wildman–Crippen MR) is 119 cm³/mol. The largest absolute Gasteiger partial charge is 0.513 e. The average Bonchev–Trinajstić information content (AvgIpc) is 3.43. The SMILES string of the molecule is COC(=O)Oc1c(OCc2c(F)cc(Cl)cc2F)nsc1NC(=O)NCCCCn1ccnc1. The molecule has 34 heavy (non-hydrogen) atoms. The Bertz CT molecular complexity index is 1110. The van der Waals surface area contributed by atoms with Gasteiger partial charge in [-0.25, -0.2) is 23.4 Å². The lowest BCUT2D eigenvalue weighted by Crippen LogP contribution is -2.29. The molecule has 0 fully saturated rings. The van der Waals surface area contributed by atoms with E-state index in [0.717, 1.165) is 43.7 Å². The summed E-state index contributed by atoms with van der Waals surface area (Å²) in [5.74, 6) is -2.36. The lowest BCUT2D eigenvalue weighted by molar-refractivity contribution is 0.119. The summed E-state index contributed by atoms with van der Waals surface area (Å²) < 4.78 is 48.7. The number of unbranched alkanes of at least 4 members (excludes halogenated alkanes) is 1. The fourth-order valence-electron chi connectivity index (χ4n) is 2.69. The molecule has 0 aliphatic carbocycles. The number of aryl methyl sites for hydroxylation is 1. The van der Waals surface area contributed by atoms with Gasteiger partial charge in [-0.3, -0.25) is 5.32 Å². The number of carbonyl (C=O) groups excluding carboxylic acids is 2. The second-order valence-corrected chi connectivity index (χ2v) is 7.94. The highest BCUT2D eigenvalue weighted by atomic mass is 35.5. The molecular formula is C20H20ClF2N5O5S. The first-order valence-electron chi connectivity index (χ1n) is 9.89. The zero-order valence-corrected chi connectivity index (χ0v) is 19.4. The van der Waals surface area contributed by atoms with Gasteiger partial charge in [-0.2, -0.15) is 0 Å². The number of halogens is 3. The number of nitrogens with one attached hydrogen (secondary N) is 2. The maximum atomic E-state index is 14.0. The van der Waals surface area contributed by atoms with Crippen molar-refractivity contribution < 1.29 is 32.6 Å². The molecule has 2 heterocycles. The average molecular weight is 516 g/mol. The Labute approximate surface area is 202 Å². The quantitative estimate of drug-likeness (QED) is 0.299. The first-order valence-corrected chi connectivity index (χ1v) is 11.0. The first kappa shape index (κ1) is 25.2. The Hall–Kier alpha value is -3.45. The molecule has 0 aliphatic heterocycles. The van der Waals surface area contributed by atoms with Crippen molar-refractivity contribution in [2.45, 2.75) is 26.0 Å². The molecule has 14 heteroatoms. The van der Waals surface area contributed by atoms with Crippen molar-refractivity contribution in [1.29, 1.82) is 0 Å². The van der Waals surface area contributed by atoms with E-state index in [0.29, 0.717) is 13.0 Å². The highest BCUT2D eigenvalue weighted by Crippen LogP contribution is 2.39. The van der Waals surface area contributed by atoms with Gasteiger partial charge in [-0.05, 0) is 36.5 Å². The Kier molecular flexibility index (Phi) is 8.99. The van der Waals surface area contributed by atoms with Gasteiger partial charge in [-0.1, -0.05) is 11.6 Å². The van der Waals surface area contributed by atoms with Crippen molar-refractivity contribution in [3.8, 4) is 11.6 Å². The van der Waals surface area contributed by atoms with Crippen LogP contribution in [-0.2, 0) is 17.9 Å². The molecule has 0 atom stereocenters. The van der Waals surface area contributed by atoms with Crippen LogP contribution in [0.4, 0.5) is 23.4 Å². The minimum atomic E-state index is -1.10. The molecule has 10 nitrogen and oxygen atoms in total. The van der Waals surface area contributed by atoms with Crippen molar-refractivity contribution >= 4 is 40.3 Å². The number of imidazole rings is 1. The van der Waals surface area contributed by atoms with E-state index in [4.69, 9.17) is 21.1 Å². The smallest absolute Gasteiger partial charge is 0.469 e. The van der Waals surface area contributed by atoms with E-state index in [1.54, 1.807) is 12.5 Å². The molecule has 2 N–H and O–H groups in total. The fourth-order valence-corrected chi connectivity index (χ4v) is 3.54. The van der Waals surface area contributed by atoms with Gasteiger partial charge in [0.25, 0.3) is 5.88 Å². The second kappa shape index (κ2) is 12.1. The molecule has 0 saturated heterocycles. The standard InChI is InChI=1S/C20H20ClF2N5O5S/c1-31-20(30)33-16-17(32-10-13-14(22)8-12(21)9-15(13)23)27-34-18(16)26-19(29)25-4-2-3-6-28-7-5-24-11-28/h5,7-9,11H,2-4,6,10H2,1H3,(H2,25,26,29). The van der Waals surface area contributed by atoms with E-state index in [9.17, 15) is 18.4 Å². The van der Waals surface area contributed by atoms with Crippen LogP contribution in [0.5, 0.6) is 11.6 Å². The lowest BCUT2D eigenvalue weighted by atomic mass is 10.2. The van der Waals surface area contributed by atoms with E-state index in [2.05, 4.69) is 24.7 Å². The summed E-state index contributed by atoms with van der Waals surface area (Å²) in [7, 11) is 1.09. The zero-order valence-electron chi connectivity index (χ0n) is 17.8. The topological polar surface area (TPSA) is 117 Å². The molecule has 0 bridgehead atoms. The Balaban J connectivity index is 1.59. The number of ether oxygens (including phenoxy) is 3. The molecule has 2 amide bonds. The molecule has 2 aromatic heterocycles. The Morgan fingerprint density at radius 2 is 2.00 bits per heavy atom. The van der Waals surface area contributed by atoms with Gasteiger partial charge in [0.2, 0.25) is 5.75 Å². The number of hydrogen-bond acceptors (Lipinski definition) is 8. The molecule has 3 rings (SSSR count).